The van der Waals surface area contributed by atoms with Gasteiger partial charge in [-0.25, -0.2) is 5.01 Å². The summed E-state index contributed by atoms with van der Waals surface area (Å²) in [4.78, 5) is 10.2. The Labute approximate surface area is 60.3 Å². The average Bonchev–Trinajstić information content (AvgIpc) is 2.05. The van der Waals surface area contributed by atoms with E-state index in [-0.39, 0.29) is 0 Å². The van der Waals surface area contributed by atoms with Gasteiger partial charge in [-0.1, -0.05) is 0 Å². The second kappa shape index (κ2) is 3.53. The molecule has 0 aromatic heterocycles. The van der Waals surface area contributed by atoms with Crippen molar-refractivity contribution in [1.29, 1.82) is 0 Å². The molecule has 0 N–H and O–H groups in total. The van der Waals surface area contributed by atoms with Crippen molar-refractivity contribution < 1.29 is 9.53 Å². The van der Waals surface area contributed by atoms with Crippen molar-refractivity contribution in [3.05, 3.63) is 0 Å². The number of nitrogens with zero attached hydrogens (tertiary/aromatic N) is 2. The molecule has 1 aliphatic rings. The minimum atomic E-state index is 0.720. The van der Waals surface area contributed by atoms with E-state index in [1.165, 1.54) is 0 Å². The van der Waals surface area contributed by atoms with Gasteiger partial charge in [0.15, 0.2) is 0 Å². The lowest BCUT2D eigenvalue weighted by atomic mass is 10.5. The van der Waals surface area contributed by atoms with Crippen LogP contribution >= 0.6 is 0 Å². The van der Waals surface area contributed by atoms with Gasteiger partial charge in [0.1, 0.15) is 0 Å². The fraction of sp³-hybridized carbons (Fsp3) is 0.833. The summed E-state index contributed by atoms with van der Waals surface area (Å²) in [5.41, 5.74) is 0. The fourth-order valence-corrected chi connectivity index (χ4v) is 0.936. The summed E-state index contributed by atoms with van der Waals surface area (Å²) in [5.74, 6) is 0. The molecule has 4 heteroatoms. The maximum Gasteiger partial charge on any atom is 0.223 e. The number of hydrogen-bond donors (Lipinski definition) is 0. The van der Waals surface area contributed by atoms with Crippen molar-refractivity contribution in [2.75, 3.05) is 33.4 Å². The number of morpholine rings is 1. The second-order valence-corrected chi connectivity index (χ2v) is 2.25. The van der Waals surface area contributed by atoms with Crippen LogP contribution in [0.1, 0.15) is 0 Å². The number of ether oxygens (including phenoxy) is 1. The summed E-state index contributed by atoms with van der Waals surface area (Å²) in [6.45, 7) is 3.07. The largest absolute Gasteiger partial charge is 0.379 e. The van der Waals surface area contributed by atoms with Crippen molar-refractivity contribution in [2.45, 2.75) is 0 Å². The van der Waals surface area contributed by atoms with Crippen LogP contribution in [0.4, 0.5) is 0 Å². The molecule has 1 amide bonds. The van der Waals surface area contributed by atoms with E-state index in [2.05, 4.69) is 0 Å². The molecular weight excluding hydrogens is 132 g/mol. The van der Waals surface area contributed by atoms with E-state index in [1.807, 2.05) is 5.01 Å². The van der Waals surface area contributed by atoms with E-state index in [0.717, 1.165) is 32.7 Å². The highest BCUT2D eigenvalue weighted by Gasteiger charge is 2.12. The van der Waals surface area contributed by atoms with Crippen molar-refractivity contribution >= 4 is 6.41 Å². The van der Waals surface area contributed by atoms with E-state index < -0.39 is 0 Å². The zero-order valence-electron chi connectivity index (χ0n) is 6.12. The van der Waals surface area contributed by atoms with E-state index in [4.69, 9.17) is 4.74 Å². The summed E-state index contributed by atoms with van der Waals surface area (Å²) in [6.07, 6.45) is 0.811. The van der Waals surface area contributed by atoms with E-state index in [1.54, 1.807) is 12.1 Å². The zero-order chi connectivity index (χ0) is 7.40. The number of carbonyl (C=O) groups is 1. The van der Waals surface area contributed by atoms with Crippen LogP contribution in [0.2, 0.25) is 0 Å². The van der Waals surface area contributed by atoms with Gasteiger partial charge in [-0.2, -0.15) is 0 Å². The molecule has 0 atom stereocenters. The topological polar surface area (TPSA) is 32.8 Å². The van der Waals surface area contributed by atoms with Gasteiger partial charge in [-0.05, 0) is 0 Å². The highest BCUT2D eigenvalue weighted by molar-refractivity contribution is 5.45. The Morgan fingerprint density at radius 3 is 2.60 bits per heavy atom. The van der Waals surface area contributed by atoms with Crippen LogP contribution < -0.4 is 0 Å². The molecule has 1 fully saturated rings. The van der Waals surface area contributed by atoms with Gasteiger partial charge in [0.2, 0.25) is 6.41 Å². The first-order valence-electron chi connectivity index (χ1n) is 3.35. The van der Waals surface area contributed by atoms with Gasteiger partial charge in [-0.3, -0.25) is 9.80 Å². The number of carbonyl (C=O) groups excluding carboxylic acids is 1. The third-order valence-electron chi connectivity index (χ3n) is 1.59. The Bertz CT molecular complexity index is 112. The van der Waals surface area contributed by atoms with E-state index in [0.29, 0.717) is 0 Å². The highest BCUT2D eigenvalue weighted by atomic mass is 16.5. The first-order valence-corrected chi connectivity index (χ1v) is 3.35. The molecule has 1 heterocycles. The van der Waals surface area contributed by atoms with Crippen LogP contribution in [0.15, 0.2) is 0 Å². The third kappa shape index (κ3) is 1.68. The minimum Gasteiger partial charge on any atom is -0.379 e. The van der Waals surface area contributed by atoms with Crippen molar-refractivity contribution in [1.82, 2.24) is 10.0 Å². The average molecular weight is 144 g/mol. The third-order valence-corrected chi connectivity index (χ3v) is 1.59. The molecule has 1 aliphatic heterocycles. The molecule has 4 nitrogen and oxygen atoms in total. The van der Waals surface area contributed by atoms with Gasteiger partial charge in [0.05, 0.1) is 13.2 Å². The summed E-state index contributed by atoms with van der Waals surface area (Å²) in [7, 11) is 1.75. The molecule has 0 aromatic rings. The van der Waals surface area contributed by atoms with Gasteiger partial charge < -0.3 is 4.74 Å². The molecule has 1 saturated heterocycles. The molecule has 1 rings (SSSR count). The van der Waals surface area contributed by atoms with Crippen LogP contribution in [0, 0.1) is 0 Å². The lowest BCUT2D eigenvalue weighted by Crippen LogP contribution is -2.46. The summed E-state index contributed by atoms with van der Waals surface area (Å²) in [5, 5.41) is 3.51. The molecule has 0 aliphatic carbocycles. The Morgan fingerprint density at radius 1 is 1.50 bits per heavy atom. The molecule has 10 heavy (non-hydrogen) atoms. The lowest BCUT2D eigenvalue weighted by molar-refractivity contribution is -0.138. The smallest absolute Gasteiger partial charge is 0.223 e. The summed E-state index contributed by atoms with van der Waals surface area (Å²) in [6, 6.07) is 0. The Kier molecular flexibility index (Phi) is 2.65. The SMILES string of the molecule is CN(C=O)N1CCOCC1. The number of hydrogen-bond acceptors (Lipinski definition) is 3. The predicted molar refractivity (Wildman–Crippen MR) is 36.2 cm³/mol. The van der Waals surface area contributed by atoms with Crippen molar-refractivity contribution in [3.63, 3.8) is 0 Å². The first-order chi connectivity index (χ1) is 4.84. The Morgan fingerprint density at radius 2 is 2.10 bits per heavy atom. The van der Waals surface area contributed by atoms with Crippen LogP contribution in [-0.2, 0) is 9.53 Å². The van der Waals surface area contributed by atoms with Crippen LogP contribution in [-0.4, -0.2) is 49.8 Å². The second-order valence-electron chi connectivity index (χ2n) is 2.25. The standard InChI is InChI=1S/C6H12N2O2/c1-7(6-9)8-2-4-10-5-3-8/h6H,2-5H2,1H3. The minimum absolute atomic E-state index is 0.720. The van der Waals surface area contributed by atoms with Gasteiger partial charge in [-0.15, -0.1) is 0 Å². The first kappa shape index (κ1) is 7.50. The van der Waals surface area contributed by atoms with Crippen molar-refractivity contribution in [3.8, 4) is 0 Å². The maximum atomic E-state index is 10.2. The predicted octanol–water partition coefficient (Wildman–Crippen LogP) is -0.678. The molecule has 0 aromatic carbocycles. The quantitative estimate of drug-likeness (QED) is 0.481. The van der Waals surface area contributed by atoms with Gasteiger partial charge >= 0.3 is 0 Å². The monoisotopic (exact) mass is 144 g/mol. The number of hydrazine groups is 1. The van der Waals surface area contributed by atoms with Crippen LogP contribution in [0.3, 0.4) is 0 Å². The molecular formula is C6H12N2O2. The van der Waals surface area contributed by atoms with Gasteiger partial charge in [0.25, 0.3) is 0 Å². The lowest BCUT2D eigenvalue weighted by Gasteiger charge is -2.31. The van der Waals surface area contributed by atoms with Crippen molar-refractivity contribution in [2.24, 2.45) is 0 Å². The molecule has 0 spiro atoms. The highest BCUT2D eigenvalue weighted by Crippen LogP contribution is 1.97. The molecule has 0 unspecified atom stereocenters. The number of rotatable bonds is 2. The Balaban J connectivity index is 2.30. The summed E-state index contributed by atoms with van der Waals surface area (Å²) < 4.78 is 5.11. The van der Waals surface area contributed by atoms with E-state index in [9.17, 15) is 4.79 Å². The van der Waals surface area contributed by atoms with Gasteiger partial charge in [0, 0.05) is 20.1 Å². The normalized spacial score (nSPS) is 20.5. The molecule has 0 bridgehead atoms. The summed E-state index contributed by atoms with van der Waals surface area (Å²) >= 11 is 0. The van der Waals surface area contributed by atoms with E-state index >= 15 is 0 Å². The Hall–Kier alpha value is -0.610. The maximum absolute atomic E-state index is 10.2. The zero-order valence-corrected chi connectivity index (χ0v) is 6.12. The van der Waals surface area contributed by atoms with Crippen LogP contribution in [0.5, 0.6) is 0 Å². The number of amides is 1. The fourth-order valence-electron chi connectivity index (χ4n) is 0.936. The molecule has 0 saturated carbocycles. The van der Waals surface area contributed by atoms with Crippen LogP contribution in [0.25, 0.3) is 0 Å². The molecule has 58 valence electrons. The molecule has 0 radical (unpaired) electrons.